The summed E-state index contributed by atoms with van der Waals surface area (Å²) in [6.45, 7) is 3.77. The van der Waals surface area contributed by atoms with Crippen molar-refractivity contribution >= 4 is 0 Å². The molecule has 0 aromatic heterocycles. The van der Waals surface area contributed by atoms with Crippen LogP contribution in [0.3, 0.4) is 0 Å². The van der Waals surface area contributed by atoms with Gasteiger partial charge in [0.25, 0.3) is 0 Å². The van der Waals surface area contributed by atoms with E-state index in [0.717, 1.165) is 23.8 Å². The van der Waals surface area contributed by atoms with Crippen LogP contribution in [0.2, 0.25) is 0 Å². The van der Waals surface area contributed by atoms with Crippen LogP contribution in [0, 0.1) is 5.92 Å². The lowest BCUT2D eigenvalue weighted by Gasteiger charge is -2.17. The van der Waals surface area contributed by atoms with Gasteiger partial charge in [-0.1, -0.05) is 12.1 Å². The van der Waals surface area contributed by atoms with E-state index in [2.05, 4.69) is 5.32 Å². The highest BCUT2D eigenvalue weighted by Gasteiger charge is 2.22. The Balaban J connectivity index is 1.97. The predicted octanol–water partition coefficient (Wildman–Crippen LogP) is 2.12. The number of aliphatic hydroxyl groups excluding tert-OH is 1. The minimum absolute atomic E-state index is 0.0241. The molecule has 0 bridgehead atoms. The molecule has 1 fully saturated rings. The Hall–Kier alpha value is -1.06. The molecule has 0 spiro atoms. The van der Waals surface area contributed by atoms with Gasteiger partial charge in [-0.2, -0.15) is 0 Å². The third kappa shape index (κ3) is 3.72. The van der Waals surface area contributed by atoms with Crippen LogP contribution in [-0.4, -0.2) is 24.9 Å². The van der Waals surface area contributed by atoms with Crippen LogP contribution in [0.5, 0.6) is 5.75 Å². The summed E-state index contributed by atoms with van der Waals surface area (Å²) in [4.78, 5) is 0. The van der Waals surface area contributed by atoms with Gasteiger partial charge in [0, 0.05) is 0 Å². The molecule has 2 rings (SSSR count). The summed E-state index contributed by atoms with van der Waals surface area (Å²) in [5.74, 6) is 1.69. The Morgan fingerprint density at radius 2 is 2.29 bits per heavy atom. The largest absolute Gasteiger partial charge is 0.494 e. The van der Waals surface area contributed by atoms with Crippen molar-refractivity contribution in [2.24, 2.45) is 5.92 Å². The van der Waals surface area contributed by atoms with E-state index in [0.29, 0.717) is 6.61 Å². The molecule has 1 aliphatic rings. The molecule has 1 aromatic rings. The summed E-state index contributed by atoms with van der Waals surface area (Å²) in [6.07, 6.45) is 2.65. The summed E-state index contributed by atoms with van der Waals surface area (Å²) in [5.41, 5.74) is 1.10. The van der Waals surface area contributed by atoms with Crippen molar-refractivity contribution in [3.05, 3.63) is 29.8 Å². The van der Waals surface area contributed by atoms with Crippen LogP contribution in [0.4, 0.5) is 0 Å². The fraction of sp³-hybridized carbons (Fsp3) is 0.571. The van der Waals surface area contributed by atoms with Gasteiger partial charge in [-0.3, -0.25) is 0 Å². The molecule has 2 N–H and O–H groups in total. The molecule has 3 nitrogen and oxygen atoms in total. The lowest BCUT2D eigenvalue weighted by molar-refractivity contribution is 0.243. The number of hydrogen-bond donors (Lipinski definition) is 2. The molecule has 94 valence electrons. The Morgan fingerprint density at radius 3 is 2.94 bits per heavy atom. The maximum absolute atomic E-state index is 9.43. The first-order chi connectivity index (χ1) is 8.33. The van der Waals surface area contributed by atoms with Crippen molar-refractivity contribution in [2.45, 2.75) is 25.8 Å². The molecule has 1 unspecified atom stereocenters. The minimum Gasteiger partial charge on any atom is -0.494 e. The van der Waals surface area contributed by atoms with Crippen LogP contribution in [0.25, 0.3) is 0 Å². The topological polar surface area (TPSA) is 41.5 Å². The van der Waals surface area contributed by atoms with Crippen molar-refractivity contribution in [3.8, 4) is 5.75 Å². The zero-order chi connectivity index (χ0) is 12.1. The lowest BCUT2D eigenvalue weighted by atomic mass is 10.1. The monoisotopic (exact) mass is 235 g/mol. The molecular weight excluding hydrogens is 214 g/mol. The summed E-state index contributed by atoms with van der Waals surface area (Å²) in [7, 11) is 0. The first-order valence-corrected chi connectivity index (χ1v) is 6.40. The predicted molar refractivity (Wildman–Crippen MR) is 68.2 cm³/mol. The fourth-order valence-electron chi connectivity index (χ4n) is 1.91. The van der Waals surface area contributed by atoms with E-state index in [4.69, 9.17) is 4.74 Å². The van der Waals surface area contributed by atoms with E-state index in [1.54, 1.807) is 0 Å². The van der Waals surface area contributed by atoms with Gasteiger partial charge in [-0.05, 0) is 49.9 Å². The van der Waals surface area contributed by atoms with E-state index in [1.165, 1.54) is 12.8 Å². The van der Waals surface area contributed by atoms with Crippen molar-refractivity contribution in [1.29, 1.82) is 0 Å². The summed E-state index contributed by atoms with van der Waals surface area (Å²) in [5, 5.41) is 12.8. The second-order valence-electron chi connectivity index (χ2n) is 4.59. The molecule has 1 saturated carbocycles. The first kappa shape index (κ1) is 12.4. The van der Waals surface area contributed by atoms with Gasteiger partial charge in [0.1, 0.15) is 5.75 Å². The van der Waals surface area contributed by atoms with E-state index in [-0.39, 0.29) is 12.6 Å². The lowest BCUT2D eigenvalue weighted by Crippen LogP contribution is -2.26. The highest BCUT2D eigenvalue weighted by Crippen LogP contribution is 2.29. The smallest absolute Gasteiger partial charge is 0.119 e. The number of hydrogen-bond acceptors (Lipinski definition) is 3. The third-order valence-electron chi connectivity index (χ3n) is 3.10. The van der Waals surface area contributed by atoms with Crippen molar-refractivity contribution in [1.82, 2.24) is 5.32 Å². The molecule has 17 heavy (non-hydrogen) atoms. The second-order valence-corrected chi connectivity index (χ2v) is 4.59. The quantitative estimate of drug-likeness (QED) is 0.760. The van der Waals surface area contributed by atoms with Crippen molar-refractivity contribution in [3.63, 3.8) is 0 Å². The van der Waals surface area contributed by atoms with Gasteiger partial charge in [0.05, 0.1) is 19.3 Å². The van der Waals surface area contributed by atoms with E-state index in [1.807, 2.05) is 31.2 Å². The zero-order valence-electron chi connectivity index (χ0n) is 10.4. The number of benzene rings is 1. The van der Waals surface area contributed by atoms with Crippen LogP contribution in [-0.2, 0) is 0 Å². The number of rotatable bonds is 7. The molecule has 0 aliphatic heterocycles. The Labute approximate surface area is 103 Å². The normalized spacial score (nSPS) is 16.8. The van der Waals surface area contributed by atoms with Gasteiger partial charge < -0.3 is 15.2 Å². The Morgan fingerprint density at radius 1 is 1.47 bits per heavy atom. The Kier molecular flexibility index (Phi) is 4.40. The van der Waals surface area contributed by atoms with Crippen LogP contribution >= 0.6 is 0 Å². The van der Waals surface area contributed by atoms with Crippen LogP contribution in [0.15, 0.2) is 24.3 Å². The fourth-order valence-corrected chi connectivity index (χ4v) is 1.91. The molecular formula is C14H21NO2. The van der Waals surface area contributed by atoms with Gasteiger partial charge in [0.15, 0.2) is 0 Å². The van der Waals surface area contributed by atoms with Gasteiger partial charge in [0.2, 0.25) is 0 Å². The number of aliphatic hydroxyl groups is 1. The maximum Gasteiger partial charge on any atom is 0.119 e. The molecule has 3 heteroatoms. The third-order valence-corrected chi connectivity index (χ3v) is 3.10. The molecule has 0 radical (unpaired) electrons. The molecule has 0 amide bonds. The average Bonchev–Trinajstić information content (AvgIpc) is 3.15. The zero-order valence-corrected chi connectivity index (χ0v) is 10.4. The molecule has 0 saturated heterocycles. The van der Waals surface area contributed by atoms with Gasteiger partial charge >= 0.3 is 0 Å². The molecule has 0 heterocycles. The highest BCUT2D eigenvalue weighted by atomic mass is 16.5. The molecule has 1 atom stereocenters. The number of nitrogens with one attached hydrogen (secondary N) is 1. The highest BCUT2D eigenvalue weighted by molar-refractivity contribution is 5.30. The van der Waals surface area contributed by atoms with E-state index in [9.17, 15) is 5.11 Å². The number of ether oxygens (including phenoxy) is 1. The van der Waals surface area contributed by atoms with Crippen molar-refractivity contribution < 1.29 is 9.84 Å². The summed E-state index contributed by atoms with van der Waals surface area (Å²) < 4.78 is 5.47. The summed E-state index contributed by atoms with van der Waals surface area (Å²) in [6, 6.07) is 7.98. The minimum atomic E-state index is 0.0241. The average molecular weight is 235 g/mol. The first-order valence-electron chi connectivity index (χ1n) is 6.40. The van der Waals surface area contributed by atoms with E-state index < -0.39 is 0 Å². The standard InChI is InChI=1S/C14H21NO2/c1-2-17-13-5-3-4-12(8-13)14(10-16)15-9-11-6-7-11/h3-5,8,11,14-16H,2,6-7,9-10H2,1H3. The summed E-state index contributed by atoms with van der Waals surface area (Å²) >= 11 is 0. The van der Waals surface area contributed by atoms with Gasteiger partial charge in [-0.25, -0.2) is 0 Å². The van der Waals surface area contributed by atoms with E-state index >= 15 is 0 Å². The SMILES string of the molecule is CCOc1cccc(C(CO)NCC2CC2)c1. The van der Waals surface area contributed by atoms with Gasteiger partial charge in [-0.15, -0.1) is 0 Å². The van der Waals surface area contributed by atoms with Crippen molar-refractivity contribution in [2.75, 3.05) is 19.8 Å². The van der Waals surface area contributed by atoms with Crippen LogP contribution < -0.4 is 10.1 Å². The second kappa shape index (κ2) is 6.03. The molecule has 1 aliphatic carbocycles. The Bertz CT molecular complexity index is 350. The molecule has 1 aromatic carbocycles. The van der Waals surface area contributed by atoms with Crippen LogP contribution in [0.1, 0.15) is 31.4 Å². The maximum atomic E-state index is 9.43.